The highest BCUT2D eigenvalue weighted by Gasteiger charge is 2.10. The maximum absolute atomic E-state index is 6.00. The maximum Gasteiger partial charge on any atom is 0.141 e. The number of H-pyrrole nitrogens is 1. The summed E-state index contributed by atoms with van der Waals surface area (Å²) in [5.41, 5.74) is 6.00. The van der Waals surface area contributed by atoms with Crippen molar-refractivity contribution in [1.82, 2.24) is 15.2 Å². The van der Waals surface area contributed by atoms with Gasteiger partial charge in [-0.05, 0) is 18.6 Å². The molecule has 2 aromatic rings. The Morgan fingerprint density at radius 2 is 2.27 bits per heavy atom. The second-order valence-electron chi connectivity index (χ2n) is 3.40. The van der Waals surface area contributed by atoms with Crippen molar-refractivity contribution < 1.29 is 0 Å². The van der Waals surface area contributed by atoms with E-state index in [2.05, 4.69) is 34.2 Å². The topological polar surface area (TPSA) is 67.6 Å². The largest absolute Gasteiger partial charge is 0.321 e. The van der Waals surface area contributed by atoms with Crippen LogP contribution in [-0.4, -0.2) is 15.2 Å². The fourth-order valence-electron chi connectivity index (χ4n) is 1.43. The Hall–Kier alpha value is -1.20. The lowest BCUT2D eigenvalue weighted by Gasteiger charge is -2.05. The molecule has 0 aromatic carbocycles. The SMILES string of the molecule is CCc1ccc(CC(N)c2ncn[nH]2)s1. The summed E-state index contributed by atoms with van der Waals surface area (Å²) in [6.07, 6.45) is 3.39. The molecule has 1 unspecified atom stereocenters. The first-order valence-electron chi connectivity index (χ1n) is 4.98. The minimum atomic E-state index is -0.0872. The molecule has 0 bridgehead atoms. The number of hydrogen-bond acceptors (Lipinski definition) is 4. The molecule has 2 rings (SSSR count). The molecular formula is C10H14N4S. The monoisotopic (exact) mass is 222 g/mol. The Morgan fingerprint density at radius 1 is 1.47 bits per heavy atom. The second kappa shape index (κ2) is 4.55. The molecule has 0 aliphatic carbocycles. The standard InChI is InChI=1S/C10H14N4S/c1-2-7-3-4-8(15-7)5-9(11)10-12-6-13-14-10/h3-4,6,9H,2,5,11H2,1H3,(H,12,13,14). The molecule has 1 atom stereocenters. The lowest BCUT2D eigenvalue weighted by molar-refractivity contribution is 0.677. The molecule has 2 heterocycles. The second-order valence-corrected chi connectivity index (χ2v) is 4.66. The van der Waals surface area contributed by atoms with Crippen molar-refractivity contribution in [2.24, 2.45) is 5.73 Å². The number of nitrogens with one attached hydrogen (secondary N) is 1. The zero-order chi connectivity index (χ0) is 10.7. The number of thiophene rings is 1. The molecule has 0 saturated heterocycles. The Morgan fingerprint density at radius 3 is 2.87 bits per heavy atom. The summed E-state index contributed by atoms with van der Waals surface area (Å²) in [5.74, 6) is 0.751. The van der Waals surface area contributed by atoms with E-state index in [0.717, 1.165) is 18.7 Å². The van der Waals surface area contributed by atoms with Crippen LogP contribution >= 0.6 is 11.3 Å². The van der Waals surface area contributed by atoms with Crippen LogP contribution in [-0.2, 0) is 12.8 Å². The number of nitrogens with two attached hydrogens (primary N) is 1. The van der Waals surface area contributed by atoms with Gasteiger partial charge in [-0.15, -0.1) is 11.3 Å². The van der Waals surface area contributed by atoms with E-state index in [1.807, 2.05) is 11.3 Å². The van der Waals surface area contributed by atoms with E-state index >= 15 is 0 Å². The fourth-order valence-corrected chi connectivity index (χ4v) is 2.45. The molecule has 15 heavy (non-hydrogen) atoms. The van der Waals surface area contributed by atoms with Gasteiger partial charge in [-0.2, -0.15) is 5.10 Å². The first kappa shape index (κ1) is 10.3. The van der Waals surface area contributed by atoms with E-state index in [0.29, 0.717) is 0 Å². The van der Waals surface area contributed by atoms with Gasteiger partial charge in [-0.3, -0.25) is 5.10 Å². The van der Waals surface area contributed by atoms with E-state index in [9.17, 15) is 0 Å². The lowest BCUT2D eigenvalue weighted by Crippen LogP contribution is -2.14. The number of aromatic nitrogens is 3. The predicted molar refractivity (Wildman–Crippen MR) is 60.7 cm³/mol. The third kappa shape index (κ3) is 2.43. The molecule has 0 aliphatic rings. The van der Waals surface area contributed by atoms with Gasteiger partial charge in [0.1, 0.15) is 12.2 Å². The van der Waals surface area contributed by atoms with E-state index < -0.39 is 0 Å². The Labute approximate surface area is 92.5 Å². The number of rotatable bonds is 4. The normalized spacial score (nSPS) is 12.9. The van der Waals surface area contributed by atoms with E-state index in [1.54, 1.807) is 0 Å². The lowest BCUT2D eigenvalue weighted by atomic mass is 10.2. The van der Waals surface area contributed by atoms with Crippen molar-refractivity contribution in [3.8, 4) is 0 Å². The van der Waals surface area contributed by atoms with Crippen LogP contribution in [0.25, 0.3) is 0 Å². The smallest absolute Gasteiger partial charge is 0.141 e. The van der Waals surface area contributed by atoms with Crippen LogP contribution in [0.4, 0.5) is 0 Å². The highest BCUT2D eigenvalue weighted by molar-refractivity contribution is 7.11. The van der Waals surface area contributed by atoms with Gasteiger partial charge in [0.2, 0.25) is 0 Å². The van der Waals surface area contributed by atoms with Gasteiger partial charge in [-0.25, -0.2) is 4.98 Å². The summed E-state index contributed by atoms with van der Waals surface area (Å²) in [4.78, 5) is 6.75. The summed E-state index contributed by atoms with van der Waals surface area (Å²) in [5, 5.41) is 6.59. The van der Waals surface area contributed by atoms with Gasteiger partial charge in [0, 0.05) is 16.2 Å². The first-order valence-corrected chi connectivity index (χ1v) is 5.79. The Kier molecular flexibility index (Phi) is 3.13. The van der Waals surface area contributed by atoms with Gasteiger partial charge in [0.05, 0.1) is 6.04 Å². The van der Waals surface area contributed by atoms with Crippen LogP contribution in [0.3, 0.4) is 0 Å². The summed E-state index contributed by atoms with van der Waals surface area (Å²) in [7, 11) is 0. The predicted octanol–water partition coefficient (Wildman–Crippen LogP) is 1.67. The van der Waals surface area contributed by atoms with Crippen LogP contribution in [0, 0.1) is 0 Å². The number of nitrogens with zero attached hydrogens (tertiary/aromatic N) is 2. The van der Waals surface area contributed by atoms with Crippen molar-refractivity contribution in [2.75, 3.05) is 0 Å². The van der Waals surface area contributed by atoms with Crippen LogP contribution < -0.4 is 5.73 Å². The van der Waals surface area contributed by atoms with Gasteiger partial charge < -0.3 is 5.73 Å². The maximum atomic E-state index is 6.00. The molecule has 0 spiro atoms. The molecule has 2 aromatic heterocycles. The summed E-state index contributed by atoms with van der Waals surface area (Å²) >= 11 is 1.82. The van der Waals surface area contributed by atoms with Crippen LogP contribution in [0.15, 0.2) is 18.5 Å². The molecule has 0 fully saturated rings. The molecule has 0 saturated carbocycles. The van der Waals surface area contributed by atoms with Crippen LogP contribution in [0.1, 0.15) is 28.5 Å². The van der Waals surface area contributed by atoms with Gasteiger partial charge in [0.25, 0.3) is 0 Å². The van der Waals surface area contributed by atoms with E-state index in [4.69, 9.17) is 5.73 Å². The number of aryl methyl sites for hydroxylation is 1. The Bertz CT molecular complexity index is 407. The average molecular weight is 222 g/mol. The van der Waals surface area contributed by atoms with Gasteiger partial charge >= 0.3 is 0 Å². The van der Waals surface area contributed by atoms with Crippen LogP contribution in [0.5, 0.6) is 0 Å². The fraction of sp³-hybridized carbons (Fsp3) is 0.400. The third-order valence-corrected chi connectivity index (χ3v) is 3.52. The molecule has 4 nitrogen and oxygen atoms in total. The molecule has 80 valence electrons. The molecule has 0 radical (unpaired) electrons. The molecule has 3 N–H and O–H groups in total. The molecule has 0 aliphatic heterocycles. The summed E-state index contributed by atoms with van der Waals surface area (Å²) in [6.45, 7) is 2.16. The van der Waals surface area contributed by atoms with Crippen molar-refractivity contribution in [1.29, 1.82) is 0 Å². The zero-order valence-electron chi connectivity index (χ0n) is 8.60. The van der Waals surface area contributed by atoms with Crippen molar-refractivity contribution >= 4 is 11.3 Å². The first-order chi connectivity index (χ1) is 7.29. The van der Waals surface area contributed by atoms with Gasteiger partial charge in [-0.1, -0.05) is 6.92 Å². The summed E-state index contributed by atoms with van der Waals surface area (Å²) < 4.78 is 0. The minimum Gasteiger partial charge on any atom is -0.321 e. The highest BCUT2D eigenvalue weighted by atomic mass is 32.1. The zero-order valence-corrected chi connectivity index (χ0v) is 9.42. The van der Waals surface area contributed by atoms with Gasteiger partial charge in [0.15, 0.2) is 0 Å². The highest BCUT2D eigenvalue weighted by Crippen LogP contribution is 2.21. The number of aromatic amines is 1. The van der Waals surface area contributed by atoms with Crippen molar-refractivity contribution in [2.45, 2.75) is 25.8 Å². The third-order valence-electron chi connectivity index (χ3n) is 2.27. The van der Waals surface area contributed by atoms with Crippen molar-refractivity contribution in [3.63, 3.8) is 0 Å². The number of hydrogen-bond donors (Lipinski definition) is 2. The van der Waals surface area contributed by atoms with E-state index in [-0.39, 0.29) is 6.04 Å². The van der Waals surface area contributed by atoms with E-state index in [1.165, 1.54) is 16.1 Å². The minimum absolute atomic E-state index is 0.0872. The molecule has 0 amide bonds. The molecular weight excluding hydrogens is 208 g/mol. The average Bonchev–Trinajstić information content (AvgIpc) is 2.87. The Balaban J connectivity index is 2.02. The summed E-state index contributed by atoms with van der Waals surface area (Å²) in [6, 6.07) is 4.21. The van der Waals surface area contributed by atoms with Crippen molar-refractivity contribution in [3.05, 3.63) is 34.0 Å². The van der Waals surface area contributed by atoms with Crippen LogP contribution in [0.2, 0.25) is 0 Å². The quantitative estimate of drug-likeness (QED) is 0.827. The molecule has 5 heteroatoms.